The van der Waals surface area contributed by atoms with E-state index in [-0.39, 0.29) is 5.91 Å². The van der Waals surface area contributed by atoms with Gasteiger partial charge >= 0.3 is 0 Å². The predicted octanol–water partition coefficient (Wildman–Crippen LogP) is 3.36. The number of ether oxygens (including phenoxy) is 2. The Morgan fingerprint density at radius 2 is 1.76 bits per heavy atom. The Bertz CT molecular complexity index is 636. The highest BCUT2D eigenvalue weighted by Crippen LogP contribution is 2.31. The van der Waals surface area contributed by atoms with Crippen LogP contribution in [0.3, 0.4) is 0 Å². The average Bonchev–Trinajstić information content (AvgIpc) is 2.53. The molecule has 0 saturated carbocycles. The second kappa shape index (κ2) is 7.14. The van der Waals surface area contributed by atoms with Crippen LogP contribution in [-0.2, 0) is 4.79 Å². The molecule has 0 unspecified atom stereocenters. The largest absolute Gasteiger partial charge is 0.493 e. The van der Waals surface area contributed by atoms with Gasteiger partial charge in [-0.15, -0.1) is 0 Å². The molecule has 108 valence electrons. The molecule has 0 atom stereocenters. The number of hydrogen-bond donors (Lipinski definition) is 1. The van der Waals surface area contributed by atoms with Gasteiger partial charge in [-0.1, -0.05) is 30.3 Å². The molecule has 0 spiro atoms. The Kier molecular flexibility index (Phi) is 4.99. The molecule has 2 aromatic carbocycles. The van der Waals surface area contributed by atoms with Gasteiger partial charge in [0.05, 0.1) is 14.2 Å². The summed E-state index contributed by atoms with van der Waals surface area (Å²) in [5.74, 6) is 1.03. The molecule has 2 aromatic rings. The number of rotatable bonds is 5. The van der Waals surface area contributed by atoms with E-state index in [2.05, 4.69) is 5.32 Å². The fourth-order valence-corrected chi connectivity index (χ4v) is 1.91. The van der Waals surface area contributed by atoms with Crippen molar-refractivity contribution in [2.75, 3.05) is 19.5 Å². The van der Waals surface area contributed by atoms with Gasteiger partial charge in [-0.25, -0.2) is 0 Å². The van der Waals surface area contributed by atoms with E-state index < -0.39 is 0 Å². The standard InChI is InChI=1S/C17H17NO3/c1-20-15-10-6-7-13(17(15)21-2)11-12-16(19)18-14-8-4-3-5-9-14/h3-12H,1-2H3,(H,18,19)/b12-11+. The summed E-state index contributed by atoms with van der Waals surface area (Å²) in [6.45, 7) is 0. The zero-order valence-corrected chi connectivity index (χ0v) is 12.0. The number of amides is 1. The van der Waals surface area contributed by atoms with E-state index in [1.54, 1.807) is 26.4 Å². The third kappa shape index (κ3) is 3.86. The van der Waals surface area contributed by atoms with Gasteiger partial charge in [-0.2, -0.15) is 0 Å². The van der Waals surface area contributed by atoms with Crippen LogP contribution < -0.4 is 14.8 Å². The van der Waals surface area contributed by atoms with Crippen LogP contribution in [0.1, 0.15) is 5.56 Å². The Labute approximate surface area is 124 Å². The SMILES string of the molecule is COc1cccc(/C=C/C(=O)Nc2ccccc2)c1OC. The first-order chi connectivity index (χ1) is 10.2. The molecule has 0 aliphatic rings. The summed E-state index contributed by atoms with van der Waals surface area (Å²) >= 11 is 0. The molecular weight excluding hydrogens is 266 g/mol. The van der Waals surface area contributed by atoms with Crippen molar-refractivity contribution < 1.29 is 14.3 Å². The molecule has 0 heterocycles. The fraction of sp³-hybridized carbons (Fsp3) is 0.118. The summed E-state index contributed by atoms with van der Waals surface area (Å²) < 4.78 is 10.5. The number of para-hydroxylation sites is 2. The zero-order chi connectivity index (χ0) is 15.1. The zero-order valence-electron chi connectivity index (χ0n) is 12.0. The Balaban J connectivity index is 2.12. The number of anilines is 1. The Hall–Kier alpha value is -2.75. The molecule has 0 saturated heterocycles. The van der Waals surface area contributed by atoms with Crippen LogP contribution in [0, 0.1) is 0 Å². The van der Waals surface area contributed by atoms with Gasteiger partial charge in [0.25, 0.3) is 0 Å². The molecule has 0 bridgehead atoms. The topological polar surface area (TPSA) is 47.6 Å². The minimum atomic E-state index is -0.203. The minimum absolute atomic E-state index is 0.203. The molecule has 4 heteroatoms. The number of hydrogen-bond acceptors (Lipinski definition) is 3. The lowest BCUT2D eigenvalue weighted by molar-refractivity contribution is -0.111. The maximum absolute atomic E-state index is 11.9. The van der Waals surface area contributed by atoms with Gasteiger partial charge in [-0.05, 0) is 24.3 Å². The molecule has 0 aromatic heterocycles. The van der Waals surface area contributed by atoms with Crippen molar-refractivity contribution >= 4 is 17.7 Å². The molecule has 2 rings (SSSR count). The van der Waals surface area contributed by atoms with E-state index in [9.17, 15) is 4.79 Å². The van der Waals surface area contributed by atoms with Crippen molar-refractivity contribution in [2.24, 2.45) is 0 Å². The molecule has 0 aliphatic carbocycles. The number of carbonyl (C=O) groups is 1. The predicted molar refractivity (Wildman–Crippen MR) is 83.7 cm³/mol. The number of nitrogens with one attached hydrogen (secondary N) is 1. The van der Waals surface area contributed by atoms with Gasteiger partial charge < -0.3 is 14.8 Å². The number of methoxy groups -OCH3 is 2. The highest BCUT2D eigenvalue weighted by atomic mass is 16.5. The molecule has 1 N–H and O–H groups in total. The van der Waals surface area contributed by atoms with E-state index in [0.29, 0.717) is 11.5 Å². The summed E-state index contributed by atoms with van der Waals surface area (Å²) in [7, 11) is 3.15. The highest BCUT2D eigenvalue weighted by Gasteiger charge is 2.07. The quantitative estimate of drug-likeness (QED) is 0.856. The third-order valence-corrected chi connectivity index (χ3v) is 2.89. The summed E-state index contributed by atoms with van der Waals surface area (Å²) in [5, 5.41) is 2.78. The molecule has 1 amide bonds. The van der Waals surface area contributed by atoms with Crippen LogP contribution in [0.25, 0.3) is 6.08 Å². The Morgan fingerprint density at radius 1 is 1.00 bits per heavy atom. The first kappa shape index (κ1) is 14.7. The summed E-state index contributed by atoms with van der Waals surface area (Å²) in [6, 6.07) is 14.8. The first-order valence-corrected chi connectivity index (χ1v) is 6.49. The molecule has 0 radical (unpaired) electrons. The van der Waals surface area contributed by atoms with Crippen LogP contribution in [0.15, 0.2) is 54.6 Å². The monoisotopic (exact) mass is 283 g/mol. The summed E-state index contributed by atoms with van der Waals surface area (Å²) in [6.07, 6.45) is 3.16. The van der Waals surface area contributed by atoms with E-state index in [0.717, 1.165) is 11.3 Å². The van der Waals surface area contributed by atoms with E-state index in [1.807, 2.05) is 42.5 Å². The number of carbonyl (C=O) groups excluding carboxylic acids is 1. The van der Waals surface area contributed by atoms with Crippen LogP contribution >= 0.6 is 0 Å². The molecule has 0 fully saturated rings. The lowest BCUT2D eigenvalue weighted by Crippen LogP contribution is -2.07. The van der Waals surface area contributed by atoms with Crippen LogP contribution in [0.5, 0.6) is 11.5 Å². The molecular formula is C17H17NO3. The fourth-order valence-electron chi connectivity index (χ4n) is 1.91. The van der Waals surface area contributed by atoms with E-state index in [1.165, 1.54) is 6.08 Å². The maximum Gasteiger partial charge on any atom is 0.248 e. The highest BCUT2D eigenvalue weighted by molar-refractivity contribution is 6.02. The van der Waals surface area contributed by atoms with Crippen LogP contribution in [-0.4, -0.2) is 20.1 Å². The Morgan fingerprint density at radius 3 is 2.43 bits per heavy atom. The minimum Gasteiger partial charge on any atom is -0.493 e. The molecule has 0 aliphatic heterocycles. The van der Waals surface area contributed by atoms with Crippen molar-refractivity contribution in [1.82, 2.24) is 0 Å². The van der Waals surface area contributed by atoms with Crippen molar-refractivity contribution in [3.8, 4) is 11.5 Å². The molecule has 4 nitrogen and oxygen atoms in total. The lowest BCUT2D eigenvalue weighted by Gasteiger charge is -2.09. The van der Waals surface area contributed by atoms with Gasteiger partial charge in [0, 0.05) is 17.3 Å². The van der Waals surface area contributed by atoms with Gasteiger partial charge in [0.2, 0.25) is 5.91 Å². The second-order valence-corrected chi connectivity index (χ2v) is 4.27. The van der Waals surface area contributed by atoms with E-state index in [4.69, 9.17) is 9.47 Å². The molecule has 21 heavy (non-hydrogen) atoms. The normalized spacial score (nSPS) is 10.4. The summed E-state index contributed by atoms with van der Waals surface area (Å²) in [4.78, 5) is 11.9. The smallest absolute Gasteiger partial charge is 0.248 e. The average molecular weight is 283 g/mol. The first-order valence-electron chi connectivity index (χ1n) is 6.49. The van der Waals surface area contributed by atoms with Crippen molar-refractivity contribution in [3.05, 3.63) is 60.2 Å². The van der Waals surface area contributed by atoms with Gasteiger partial charge in [0.15, 0.2) is 11.5 Å². The van der Waals surface area contributed by atoms with Gasteiger partial charge in [0.1, 0.15) is 0 Å². The van der Waals surface area contributed by atoms with Crippen molar-refractivity contribution in [3.63, 3.8) is 0 Å². The van der Waals surface area contributed by atoms with Crippen molar-refractivity contribution in [1.29, 1.82) is 0 Å². The summed E-state index contributed by atoms with van der Waals surface area (Å²) in [5.41, 5.74) is 1.53. The second-order valence-electron chi connectivity index (χ2n) is 4.27. The maximum atomic E-state index is 11.9. The van der Waals surface area contributed by atoms with E-state index >= 15 is 0 Å². The third-order valence-electron chi connectivity index (χ3n) is 2.89. The van der Waals surface area contributed by atoms with Crippen molar-refractivity contribution in [2.45, 2.75) is 0 Å². The van der Waals surface area contributed by atoms with Crippen LogP contribution in [0.4, 0.5) is 5.69 Å². The lowest BCUT2D eigenvalue weighted by atomic mass is 10.1. The number of benzene rings is 2. The van der Waals surface area contributed by atoms with Crippen LogP contribution in [0.2, 0.25) is 0 Å². The van der Waals surface area contributed by atoms with Gasteiger partial charge in [-0.3, -0.25) is 4.79 Å².